The van der Waals surface area contributed by atoms with Crippen LogP contribution in [0.1, 0.15) is 13.3 Å². The van der Waals surface area contributed by atoms with E-state index in [9.17, 15) is 9.59 Å². The zero-order valence-electron chi connectivity index (χ0n) is 5.01. The summed E-state index contributed by atoms with van der Waals surface area (Å²) < 4.78 is 0. The van der Waals surface area contributed by atoms with Gasteiger partial charge in [-0.1, -0.05) is 6.92 Å². The highest BCUT2D eigenvalue weighted by Crippen LogP contribution is 1.71. The van der Waals surface area contributed by atoms with Crippen molar-refractivity contribution in [3.05, 3.63) is 0 Å². The van der Waals surface area contributed by atoms with E-state index >= 15 is 0 Å². The van der Waals surface area contributed by atoms with Crippen LogP contribution in [-0.4, -0.2) is 11.9 Å². The predicted molar refractivity (Wildman–Crippen MR) is 35.3 cm³/mol. The van der Waals surface area contributed by atoms with Crippen molar-refractivity contribution in [1.29, 1.82) is 0 Å². The topological polar surface area (TPSA) is 72.2 Å². The zero-order valence-corrected chi connectivity index (χ0v) is 5.83. The minimum atomic E-state index is -0.795. The van der Waals surface area contributed by atoms with Crippen LogP contribution in [0.2, 0.25) is 0 Å². The van der Waals surface area contributed by atoms with Gasteiger partial charge in [0.25, 0.3) is 0 Å². The van der Waals surface area contributed by atoms with Gasteiger partial charge in [-0.15, -0.1) is 12.4 Å². The molecule has 3 N–H and O–H groups in total. The number of amides is 3. The smallest absolute Gasteiger partial charge is 0.318 e. The van der Waals surface area contributed by atoms with Gasteiger partial charge in [-0.2, -0.15) is 0 Å². The van der Waals surface area contributed by atoms with Crippen LogP contribution in [0.5, 0.6) is 0 Å². The van der Waals surface area contributed by atoms with Gasteiger partial charge in [-0.05, 0) is 0 Å². The van der Waals surface area contributed by atoms with Crippen LogP contribution in [0, 0.1) is 0 Å². The Morgan fingerprint density at radius 3 is 2.11 bits per heavy atom. The van der Waals surface area contributed by atoms with Crippen molar-refractivity contribution in [3.63, 3.8) is 0 Å². The Morgan fingerprint density at radius 1 is 1.56 bits per heavy atom. The fraction of sp³-hybridized carbons (Fsp3) is 0.500. The first-order valence-corrected chi connectivity index (χ1v) is 2.26. The molecule has 0 aliphatic carbocycles. The number of halogens is 1. The van der Waals surface area contributed by atoms with E-state index in [0.29, 0.717) is 0 Å². The Balaban J connectivity index is 0. The van der Waals surface area contributed by atoms with E-state index in [1.54, 1.807) is 6.92 Å². The summed E-state index contributed by atoms with van der Waals surface area (Å²) in [4.78, 5) is 20.1. The third-order valence-corrected chi connectivity index (χ3v) is 0.584. The van der Waals surface area contributed by atoms with Gasteiger partial charge in [0.2, 0.25) is 5.91 Å². The summed E-state index contributed by atoms with van der Waals surface area (Å²) in [6.07, 6.45) is 0.281. The molecule has 3 amide bonds. The number of rotatable bonds is 1. The van der Waals surface area contributed by atoms with Crippen LogP contribution >= 0.6 is 12.4 Å². The van der Waals surface area contributed by atoms with Crippen molar-refractivity contribution >= 4 is 24.3 Å². The van der Waals surface area contributed by atoms with E-state index in [-0.39, 0.29) is 24.7 Å². The molecule has 0 radical (unpaired) electrons. The number of hydrogen-bond acceptors (Lipinski definition) is 2. The van der Waals surface area contributed by atoms with Gasteiger partial charge in [-0.25, -0.2) is 4.79 Å². The van der Waals surface area contributed by atoms with E-state index in [2.05, 4.69) is 5.73 Å². The predicted octanol–water partition coefficient (Wildman–Crippen LogP) is 0.0131. The fourth-order valence-corrected chi connectivity index (χ4v) is 0.226. The fourth-order valence-electron chi connectivity index (χ4n) is 0.226. The standard InChI is InChI=1S/C4H8N2O2.ClH/c1-2-3(7)6-4(5)8;/h2H2,1H3,(H3,5,6,7,8);1H. The Hall–Kier alpha value is -0.770. The van der Waals surface area contributed by atoms with E-state index in [0.717, 1.165) is 0 Å². The molecule has 0 unspecified atom stereocenters. The third-order valence-electron chi connectivity index (χ3n) is 0.584. The summed E-state index contributed by atoms with van der Waals surface area (Å²) in [5.41, 5.74) is 4.60. The molecule has 0 aromatic carbocycles. The summed E-state index contributed by atoms with van der Waals surface area (Å²) >= 11 is 0. The van der Waals surface area contributed by atoms with Crippen molar-refractivity contribution in [3.8, 4) is 0 Å². The number of carbonyl (C=O) groups is 2. The molecule has 0 atom stereocenters. The molecule has 0 aliphatic rings. The minimum absolute atomic E-state index is 0. The average molecular weight is 153 g/mol. The average Bonchev–Trinajstić information content (AvgIpc) is 1.65. The molecular weight excluding hydrogens is 144 g/mol. The molecule has 0 rings (SSSR count). The number of primary amides is 1. The summed E-state index contributed by atoms with van der Waals surface area (Å²) in [7, 11) is 0. The van der Waals surface area contributed by atoms with E-state index in [1.807, 2.05) is 5.32 Å². The van der Waals surface area contributed by atoms with E-state index < -0.39 is 6.03 Å². The van der Waals surface area contributed by atoms with E-state index in [4.69, 9.17) is 0 Å². The maximum absolute atomic E-state index is 10.2. The first-order valence-electron chi connectivity index (χ1n) is 2.26. The number of urea groups is 1. The number of imide groups is 1. The molecule has 5 heteroatoms. The lowest BCUT2D eigenvalue weighted by Crippen LogP contribution is -2.34. The van der Waals surface area contributed by atoms with Crippen molar-refractivity contribution in [2.45, 2.75) is 13.3 Å². The highest BCUT2D eigenvalue weighted by Gasteiger charge is 1.96. The Kier molecular flexibility index (Phi) is 6.61. The van der Waals surface area contributed by atoms with Gasteiger partial charge in [0.05, 0.1) is 0 Å². The van der Waals surface area contributed by atoms with Gasteiger partial charge in [0, 0.05) is 6.42 Å². The van der Waals surface area contributed by atoms with Crippen molar-refractivity contribution < 1.29 is 9.59 Å². The van der Waals surface area contributed by atoms with Gasteiger partial charge < -0.3 is 5.73 Å². The van der Waals surface area contributed by atoms with Gasteiger partial charge in [0.1, 0.15) is 0 Å². The highest BCUT2D eigenvalue weighted by molar-refractivity contribution is 5.93. The van der Waals surface area contributed by atoms with Crippen LogP contribution in [-0.2, 0) is 4.79 Å². The quantitative estimate of drug-likeness (QED) is 0.556. The minimum Gasteiger partial charge on any atom is -0.351 e. The highest BCUT2D eigenvalue weighted by atomic mass is 35.5. The van der Waals surface area contributed by atoms with Crippen molar-refractivity contribution in [2.24, 2.45) is 5.73 Å². The summed E-state index contributed by atoms with van der Waals surface area (Å²) in [5.74, 6) is -0.350. The van der Waals surface area contributed by atoms with Gasteiger partial charge in [-0.3, -0.25) is 10.1 Å². The number of carbonyl (C=O) groups excluding carboxylic acids is 2. The van der Waals surface area contributed by atoms with Gasteiger partial charge in [0.15, 0.2) is 0 Å². The molecule has 0 heterocycles. The van der Waals surface area contributed by atoms with Crippen molar-refractivity contribution in [1.82, 2.24) is 5.32 Å². The maximum Gasteiger partial charge on any atom is 0.318 e. The number of nitrogens with one attached hydrogen (secondary N) is 1. The molecule has 0 bridgehead atoms. The molecule has 0 aromatic heterocycles. The molecule has 4 nitrogen and oxygen atoms in total. The number of nitrogens with two attached hydrogens (primary N) is 1. The largest absolute Gasteiger partial charge is 0.351 e. The molecule has 0 saturated carbocycles. The first-order chi connectivity index (χ1) is 3.66. The van der Waals surface area contributed by atoms with E-state index in [1.165, 1.54) is 0 Å². The monoisotopic (exact) mass is 152 g/mol. The SMILES string of the molecule is CCC(=O)NC(N)=O.Cl. The van der Waals surface area contributed by atoms with Crippen LogP contribution in [0.3, 0.4) is 0 Å². The summed E-state index contributed by atoms with van der Waals surface area (Å²) in [6.45, 7) is 1.64. The second-order valence-electron chi connectivity index (χ2n) is 1.27. The molecule has 0 fully saturated rings. The molecule has 9 heavy (non-hydrogen) atoms. The third kappa shape index (κ3) is 7.23. The van der Waals surface area contributed by atoms with Crippen LogP contribution in [0.15, 0.2) is 0 Å². The normalized spacial score (nSPS) is 7.22. The molecule has 0 saturated heterocycles. The maximum atomic E-state index is 10.2. The van der Waals surface area contributed by atoms with Crippen LogP contribution < -0.4 is 11.1 Å². The lowest BCUT2D eigenvalue weighted by molar-refractivity contribution is -0.119. The molecule has 54 valence electrons. The second-order valence-corrected chi connectivity index (χ2v) is 1.27. The first kappa shape index (κ1) is 11.1. The van der Waals surface area contributed by atoms with Crippen LogP contribution in [0.4, 0.5) is 4.79 Å². The lowest BCUT2D eigenvalue weighted by atomic mass is 10.5. The Labute approximate surface area is 59.2 Å². The Morgan fingerprint density at radius 2 is 2.00 bits per heavy atom. The summed E-state index contributed by atoms with van der Waals surface area (Å²) in [6, 6.07) is -0.795. The van der Waals surface area contributed by atoms with Crippen LogP contribution in [0.25, 0.3) is 0 Å². The lowest BCUT2D eigenvalue weighted by Gasteiger charge is -1.92. The Bertz CT molecular complexity index is 115. The molecule has 0 aliphatic heterocycles. The summed E-state index contributed by atoms with van der Waals surface area (Å²) in [5, 5.41) is 1.89. The second kappa shape index (κ2) is 5.37. The van der Waals surface area contributed by atoms with Crippen molar-refractivity contribution in [2.75, 3.05) is 0 Å². The zero-order chi connectivity index (χ0) is 6.57. The number of hydrogen-bond donors (Lipinski definition) is 2. The molecule has 0 aromatic rings. The van der Waals surface area contributed by atoms with Gasteiger partial charge >= 0.3 is 6.03 Å². The molecule has 0 spiro atoms. The molecular formula is C4H9ClN2O2.